The van der Waals surface area contributed by atoms with Crippen LogP contribution < -0.4 is 9.64 Å². The number of nitrogens with zero attached hydrogens (tertiary/aromatic N) is 4. The first kappa shape index (κ1) is 14.7. The molecule has 0 saturated carbocycles. The fraction of sp³-hybridized carbons (Fsp3) is 0.462. The lowest BCUT2D eigenvalue weighted by atomic mass is 10.1. The van der Waals surface area contributed by atoms with Gasteiger partial charge in [0.1, 0.15) is 5.75 Å². The van der Waals surface area contributed by atoms with Gasteiger partial charge in [0, 0.05) is 28.9 Å². The number of methoxy groups -OCH3 is 1. The zero-order valence-electron chi connectivity index (χ0n) is 11.3. The van der Waals surface area contributed by atoms with Gasteiger partial charge in [-0.15, -0.1) is 0 Å². The maximum atomic E-state index is 12.1. The summed E-state index contributed by atoms with van der Waals surface area (Å²) >= 11 is 3.45. The third-order valence-corrected chi connectivity index (χ3v) is 4.21. The summed E-state index contributed by atoms with van der Waals surface area (Å²) in [7, 11) is 1.58. The molecule has 1 saturated heterocycles. The monoisotopic (exact) mass is 338 g/mol. The molecule has 0 radical (unpaired) electrons. The van der Waals surface area contributed by atoms with Crippen LogP contribution in [-0.4, -0.2) is 26.1 Å². The number of rotatable bonds is 4. The third kappa shape index (κ3) is 2.89. The second-order valence-corrected chi connectivity index (χ2v) is 5.62. The van der Waals surface area contributed by atoms with Crippen LogP contribution in [0.3, 0.4) is 0 Å². The summed E-state index contributed by atoms with van der Waals surface area (Å²) in [6.07, 6.45) is 0.400. The molecule has 1 heterocycles. The second-order valence-electron chi connectivity index (χ2n) is 4.76. The number of halogens is 1. The van der Waals surface area contributed by atoms with Crippen molar-refractivity contribution in [3.8, 4) is 5.75 Å². The van der Waals surface area contributed by atoms with Crippen LogP contribution in [0.2, 0.25) is 0 Å². The summed E-state index contributed by atoms with van der Waals surface area (Å²) in [6.45, 7) is 2.86. The molecule has 1 aromatic carbocycles. The largest absolute Gasteiger partial charge is 0.495 e. The maximum absolute atomic E-state index is 12.1. The number of amides is 1. The molecule has 1 atom stereocenters. The Bertz CT molecular complexity index is 584. The number of hydrogen-bond donors (Lipinski definition) is 0. The zero-order valence-corrected chi connectivity index (χ0v) is 12.9. The van der Waals surface area contributed by atoms with Crippen molar-refractivity contribution in [3.05, 3.63) is 32.6 Å². The highest BCUT2D eigenvalue weighted by molar-refractivity contribution is 9.10. The highest BCUT2D eigenvalue weighted by Gasteiger charge is 2.31. The number of benzene rings is 1. The smallest absolute Gasteiger partial charge is 0.227 e. The first-order valence-electron chi connectivity index (χ1n) is 6.22. The van der Waals surface area contributed by atoms with E-state index in [-0.39, 0.29) is 11.8 Å². The predicted molar refractivity (Wildman–Crippen MR) is 79.9 cm³/mol. The summed E-state index contributed by atoms with van der Waals surface area (Å²) in [5.41, 5.74) is 10.2. The van der Waals surface area contributed by atoms with E-state index in [1.54, 1.807) is 12.0 Å². The number of hydrogen-bond acceptors (Lipinski definition) is 3. The van der Waals surface area contributed by atoms with E-state index in [9.17, 15) is 4.79 Å². The normalized spacial score (nSPS) is 18.1. The van der Waals surface area contributed by atoms with Gasteiger partial charge in [-0.2, -0.15) is 0 Å². The van der Waals surface area contributed by atoms with Crippen LogP contribution >= 0.6 is 15.9 Å². The van der Waals surface area contributed by atoms with E-state index in [4.69, 9.17) is 10.3 Å². The van der Waals surface area contributed by atoms with Gasteiger partial charge in [-0.25, -0.2) is 0 Å². The highest BCUT2D eigenvalue weighted by Crippen LogP contribution is 2.37. The summed E-state index contributed by atoms with van der Waals surface area (Å²) in [6, 6.07) is 3.79. The predicted octanol–water partition coefficient (Wildman–Crippen LogP) is 3.43. The van der Waals surface area contributed by atoms with Gasteiger partial charge in [0.05, 0.1) is 12.8 Å². The van der Waals surface area contributed by atoms with Gasteiger partial charge in [-0.3, -0.25) is 4.79 Å². The number of carbonyl (C=O) groups is 1. The lowest BCUT2D eigenvalue weighted by Crippen LogP contribution is -2.25. The van der Waals surface area contributed by atoms with E-state index in [1.807, 2.05) is 19.1 Å². The lowest BCUT2D eigenvalue weighted by Gasteiger charge is -2.20. The maximum Gasteiger partial charge on any atom is 0.227 e. The molecular formula is C13H15BrN4O2. The summed E-state index contributed by atoms with van der Waals surface area (Å²) in [4.78, 5) is 16.6. The molecule has 20 heavy (non-hydrogen) atoms. The van der Waals surface area contributed by atoms with E-state index < -0.39 is 0 Å². The van der Waals surface area contributed by atoms with Crippen molar-refractivity contribution < 1.29 is 9.53 Å². The minimum Gasteiger partial charge on any atom is -0.495 e. The number of carbonyl (C=O) groups excluding carboxylic acids is 1. The minimum atomic E-state index is 0.0307. The van der Waals surface area contributed by atoms with Crippen LogP contribution in [0.4, 0.5) is 5.69 Å². The quantitative estimate of drug-likeness (QED) is 0.479. The van der Waals surface area contributed by atoms with Gasteiger partial charge in [0.15, 0.2) is 0 Å². The molecule has 0 aromatic heterocycles. The highest BCUT2D eigenvalue weighted by atomic mass is 79.9. The Hall–Kier alpha value is -1.72. The van der Waals surface area contributed by atoms with E-state index in [1.165, 1.54) is 0 Å². The van der Waals surface area contributed by atoms with Crippen molar-refractivity contribution >= 4 is 27.5 Å². The van der Waals surface area contributed by atoms with Crippen LogP contribution in [-0.2, 0) is 4.79 Å². The van der Waals surface area contributed by atoms with Gasteiger partial charge in [0.2, 0.25) is 5.91 Å². The van der Waals surface area contributed by atoms with Crippen molar-refractivity contribution in [2.24, 2.45) is 11.0 Å². The first-order chi connectivity index (χ1) is 9.56. The topological polar surface area (TPSA) is 78.3 Å². The number of ether oxygens (including phenoxy) is 1. The van der Waals surface area contributed by atoms with Crippen LogP contribution in [0, 0.1) is 12.8 Å². The van der Waals surface area contributed by atoms with Crippen molar-refractivity contribution in [1.82, 2.24) is 0 Å². The second kappa shape index (κ2) is 6.15. The van der Waals surface area contributed by atoms with Gasteiger partial charge >= 0.3 is 0 Å². The molecule has 6 nitrogen and oxygen atoms in total. The Morgan fingerprint density at radius 1 is 1.60 bits per heavy atom. The van der Waals surface area contributed by atoms with Crippen molar-refractivity contribution in [2.45, 2.75) is 13.3 Å². The molecule has 0 aliphatic carbocycles. The molecule has 1 aromatic rings. The Morgan fingerprint density at radius 3 is 3.00 bits per heavy atom. The molecule has 0 spiro atoms. The Kier molecular flexibility index (Phi) is 4.52. The SMILES string of the molecule is COc1cc(Br)c(C)cc1N1CC(CN=[N+]=[N-])CC1=O. The fourth-order valence-corrected chi connectivity index (χ4v) is 2.63. The molecule has 1 aliphatic heterocycles. The number of azide groups is 1. The first-order valence-corrected chi connectivity index (χ1v) is 7.01. The van der Waals surface area contributed by atoms with Crippen molar-refractivity contribution in [3.63, 3.8) is 0 Å². The minimum absolute atomic E-state index is 0.0307. The van der Waals surface area contributed by atoms with Crippen molar-refractivity contribution in [1.29, 1.82) is 0 Å². The van der Waals surface area contributed by atoms with Gasteiger partial charge < -0.3 is 9.64 Å². The van der Waals surface area contributed by atoms with E-state index in [0.717, 1.165) is 15.7 Å². The third-order valence-electron chi connectivity index (χ3n) is 3.36. The van der Waals surface area contributed by atoms with Gasteiger partial charge in [-0.1, -0.05) is 21.0 Å². The van der Waals surface area contributed by atoms with Gasteiger partial charge in [-0.05, 0) is 36.1 Å². The van der Waals surface area contributed by atoms with Crippen LogP contribution in [0.1, 0.15) is 12.0 Å². The van der Waals surface area contributed by atoms with E-state index >= 15 is 0 Å². The molecular weight excluding hydrogens is 324 g/mol. The number of aryl methyl sites for hydroxylation is 1. The Balaban J connectivity index is 2.29. The van der Waals surface area contributed by atoms with Gasteiger partial charge in [0.25, 0.3) is 0 Å². The Labute approximate surface area is 125 Å². The average molecular weight is 339 g/mol. The molecule has 0 N–H and O–H groups in total. The molecule has 7 heteroatoms. The van der Waals surface area contributed by atoms with Crippen molar-refractivity contribution in [2.75, 3.05) is 25.1 Å². The lowest BCUT2D eigenvalue weighted by molar-refractivity contribution is -0.117. The molecule has 2 rings (SSSR count). The zero-order chi connectivity index (χ0) is 14.7. The fourth-order valence-electron chi connectivity index (χ4n) is 2.31. The summed E-state index contributed by atoms with van der Waals surface area (Å²) in [5.74, 6) is 0.746. The van der Waals surface area contributed by atoms with E-state index in [2.05, 4.69) is 26.0 Å². The average Bonchev–Trinajstić information content (AvgIpc) is 2.80. The van der Waals surface area contributed by atoms with E-state index in [0.29, 0.717) is 25.3 Å². The molecule has 1 aliphatic rings. The van der Waals surface area contributed by atoms with Crippen LogP contribution in [0.15, 0.2) is 21.7 Å². The van der Waals surface area contributed by atoms with Crippen LogP contribution in [0.25, 0.3) is 10.4 Å². The summed E-state index contributed by atoms with van der Waals surface area (Å²) < 4.78 is 6.29. The molecule has 1 unspecified atom stereocenters. The Morgan fingerprint density at radius 2 is 2.35 bits per heavy atom. The molecule has 1 fully saturated rings. The van der Waals surface area contributed by atoms with Crippen LogP contribution in [0.5, 0.6) is 5.75 Å². The number of anilines is 1. The summed E-state index contributed by atoms with van der Waals surface area (Å²) in [5, 5.41) is 3.55. The molecule has 1 amide bonds. The molecule has 0 bridgehead atoms. The standard InChI is InChI=1S/C13H15BrN4O2/c1-8-3-11(12(20-2)5-10(8)14)18-7-9(4-13(18)19)6-16-17-15/h3,5,9H,4,6-7H2,1-2H3. The molecule has 106 valence electrons.